The molecule has 0 amide bonds. The summed E-state index contributed by atoms with van der Waals surface area (Å²) < 4.78 is 0. The van der Waals surface area contributed by atoms with Gasteiger partial charge in [0.2, 0.25) is 0 Å². The van der Waals surface area contributed by atoms with Gasteiger partial charge in [-0.05, 0) is 49.1 Å². The lowest BCUT2D eigenvalue weighted by molar-refractivity contribution is 0.446. The van der Waals surface area contributed by atoms with Crippen LogP contribution in [0.2, 0.25) is 0 Å². The van der Waals surface area contributed by atoms with Crippen LogP contribution < -0.4 is 4.90 Å². The maximum Gasteiger partial charge on any atom is 0.120 e. The van der Waals surface area contributed by atoms with Gasteiger partial charge in [-0.25, -0.2) is 0 Å². The van der Waals surface area contributed by atoms with E-state index in [1.165, 1.54) is 25.1 Å². The Labute approximate surface area is 108 Å². The number of anilines is 1. The summed E-state index contributed by atoms with van der Waals surface area (Å²) in [5.41, 5.74) is 2.41. The summed E-state index contributed by atoms with van der Waals surface area (Å²) in [4.78, 5) is 2.48. The van der Waals surface area contributed by atoms with Crippen LogP contribution in [0.3, 0.4) is 0 Å². The van der Waals surface area contributed by atoms with Gasteiger partial charge in [0.15, 0.2) is 0 Å². The Bertz CT molecular complexity index is 508. The average molecular weight is 241 g/mol. The van der Waals surface area contributed by atoms with Gasteiger partial charge in [-0.2, -0.15) is 0 Å². The van der Waals surface area contributed by atoms with Gasteiger partial charge in [0.25, 0.3) is 0 Å². The zero-order valence-electron chi connectivity index (χ0n) is 10.5. The van der Waals surface area contributed by atoms with E-state index in [-0.39, 0.29) is 0 Å². The molecule has 1 fully saturated rings. The summed E-state index contributed by atoms with van der Waals surface area (Å²) in [6.45, 7) is 2.24. The number of rotatable bonds is 2. The SMILES string of the molecule is Oc1cccc2c1CCN2C[C@@H]1C[C@H]2C=C[C@H]1C2. The van der Waals surface area contributed by atoms with Gasteiger partial charge in [0.1, 0.15) is 5.75 Å². The lowest BCUT2D eigenvalue weighted by Gasteiger charge is -2.27. The van der Waals surface area contributed by atoms with Crippen LogP contribution >= 0.6 is 0 Å². The lowest BCUT2D eigenvalue weighted by atomic mass is 9.93. The fourth-order valence-electron chi connectivity index (χ4n) is 4.06. The zero-order chi connectivity index (χ0) is 12.1. The van der Waals surface area contributed by atoms with Gasteiger partial charge in [0.05, 0.1) is 0 Å². The largest absolute Gasteiger partial charge is 0.508 e. The number of fused-ring (bicyclic) bond motifs is 3. The Balaban J connectivity index is 1.55. The predicted molar refractivity (Wildman–Crippen MR) is 72.9 cm³/mol. The molecule has 0 radical (unpaired) electrons. The summed E-state index contributed by atoms with van der Waals surface area (Å²) in [6, 6.07) is 5.93. The molecule has 1 aromatic rings. The number of aromatic hydroxyl groups is 1. The fraction of sp³-hybridized carbons (Fsp3) is 0.500. The maximum atomic E-state index is 9.88. The first-order valence-electron chi connectivity index (χ1n) is 7.05. The summed E-state index contributed by atoms with van der Waals surface area (Å²) in [7, 11) is 0. The third kappa shape index (κ3) is 1.48. The Morgan fingerprint density at radius 3 is 2.94 bits per heavy atom. The minimum atomic E-state index is 0.475. The van der Waals surface area contributed by atoms with Crippen LogP contribution in [0.1, 0.15) is 18.4 Å². The quantitative estimate of drug-likeness (QED) is 0.805. The van der Waals surface area contributed by atoms with E-state index in [9.17, 15) is 5.11 Å². The molecule has 1 heterocycles. The molecule has 1 saturated carbocycles. The van der Waals surface area contributed by atoms with Crippen molar-refractivity contribution < 1.29 is 5.11 Å². The third-order valence-electron chi connectivity index (χ3n) is 4.97. The Kier molecular flexibility index (Phi) is 2.20. The monoisotopic (exact) mass is 241 g/mol. The molecule has 1 N–H and O–H groups in total. The molecule has 0 saturated heterocycles. The van der Waals surface area contributed by atoms with E-state index in [0.29, 0.717) is 5.75 Å². The van der Waals surface area contributed by atoms with E-state index in [0.717, 1.165) is 36.3 Å². The van der Waals surface area contributed by atoms with Crippen LogP contribution in [0.15, 0.2) is 30.4 Å². The first-order chi connectivity index (χ1) is 8.81. The number of allylic oxidation sites excluding steroid dienone is 2. The van der Waals surface area contributed by atoms with Crippen molar-refractivity contribution in [1.29, 1.82) is 0 Å². The van der Waals surface area contributed by atoms with Crippen molar-refractivity contribution in [2.45, 2.75) is 19.3 Å². The van der Waals surface area contributed by atoms with Crippen molar-refractivity contribution in [3.05, 3.63) is 35.9 Å². The lowest BCUT2D eigenvalue weighted by Crippen LogP contribution is -2.29. The van der Waals surface area contributed by atoms with Crippen LogP contribution in [0.25, 0.3) is 0 Å². The highest BCUT2D eigenvalue weighted by Gasteiger charge is 2.37. The van der Waals surface area contributed by atoms with Crippen molar-refractivity contribution in [3.8, 4) is 5.75 Å². The third-order valence-corrected chi connectivity index (χ3v) is 4.97. The summed E-state index contributed by atoms with van der Waals surface area (Å²) in [6.07, 6.45) is 8.58. The predicted octanol–water partition coefficient (Wildman–Crippen LogP) is 2.97. The molecule has 3 atom stereocenters. The van der Waals surface area contributed by atoms with Gasteiger partial charge in [-0.1, -0.05) is 18.2 Å². The van der Waals surface area contributed by atoms with Crippen LogP contribution in [-0.2, 0) is 6.42 Å². The Morgan fingerprint density at radius 1 is 1.22 bits per heavy atom. The molecule has 2 heteroatoms. The van der Waals surface area contributed by atoms with Crippen LogP contribution in [0, 0.1) is 17.8 Å². The van der Waals surface area contributed by atoms with Gasteiger partial charge in [-0.3, -0.25) is 0 Å². The number of hydrogen-bond donors (Lipinski definition) is 1. The van der Waals surface area contributed by atoms with Crippen LogP contribution in [-0.4, -0.2) is 18.2 Å². The van der Waals surface area contributed by atoms with Crippen molar-refractivity contribution in [1.82, 2.24) is 0 Å². The summed E-state index contributed by atoms with van der Waals surface area (Å²) in [5.74, 6) is 2.97. The van der Waals surface area contributed by atoms with E-state index in [2.05, 4.69) is 23.1 Å². The molecule has 2 aliphatic carbocycles. The molecule has 2 nitrogen and oxygen atoms in total. The number of phenols is 1. The normalized spacial score (nSPS) is 32.2. The van der Waals surface area contributed by atoms with Crippen molar-refractivity contribution in [2.24, 2.45) is 17.8 Å². The average Bonchev–Trinajstić information content (AvgIpc) is 3.05. The van der Waals surface area contributed by atoms with Gasteiger partial charge in [0, 0.05) is 24.3 Å². The molecule has 1 aromatic carbocycles. The zero-order valence-corrected chi connectivity index (χ0v) is 10.5. The molecule has 4 rings (SSSR count). The first kappa shape index (κ1) is 10.5. The number of hydrogen-bond acceptors (Lipinski definition) is 2. The number of benzene rings is 1. The molecule has 94 valence electrons. The summed E-state index contributed by atoms with van der Waals surface area (Å²) >= 11 is 0. The molecular weight excluding hydrogens is 222 g/mol. The van der Waals surface area contributed by atoms with Gasteiger partial charge >= 0.3 is 0 Å². The molecule has 2 bridgehead atoms. The topological polar surface area (TPSA) is 23.5 Å². The molecule has 0 unspecified atom stereocenters. The standard InChI is InChI=1S/C16H19NO/c18-16-3-1-2-15-14(16)6-7-17(15)10-13-9-11-4-5-12(13)8-11/h1-5,11-13,18H,6-10H2/t11-,12-,13-/m0/s1. The summed E-state index contributed by atoms with van der Waals surface area (Å²) in [5, 5.41) is 9.88. The second-order valence-corrected chi connectivity index (χ2v) is 6.01. The molecule has 0 spiro atoms. The smallest absolute Gasteiger partial charge is 0.120 e. The minimum Gasteiger partial charge on any atom is -0.508 e. The Morgan fingerprint density at radius 2 is 2.17 bits per heavy atom. The van der Waals surface area contributed by atoms with E-state index >= 15 is 0 Å². The second kappa shape index (κ2) is 3.78. The highest BCUT2D eigenvalue weighted by Crippen LogP contribution is 2.45. The highest BCUT2D eigenvalue weighted by molar-refractivity contribution is 5.62. The highest BCUT2D eigenvalue weighted by atomic mass is 16.3. The molecule has 18 heavy (non-hydrogen) atoms. The van der Waals surface area contributed by atoms with Crippen LogP contribution in [0.5, 0.6) is 5.75 Å². The van der Waals surface area contributed by atoms with Crippen LogP contribution in [0.4, 0.5) is 5.69 Å². The van der Waals surface area contributed by atoms with E-state index < -0.39 is 0 Å². The number of phenolic OH excluding ortho intramolecular Hbond substituents is 1. The maximum absolute atomic E-state index is 9.88. The van der Waals surface area contributed by atoms with E-state index in [4.69, 9.17) is 0 Å². The molecule has 3 aliphatic rings. The van der Waals surface area contributed by atoms with Crippen molar-refractivity contribution >= 4 is 5.69 Å². The molecule has 0 aromatic heterocycles. The van der Waals surface area contributed by atoms with E-state index in [1.54, 1.807) is 0 Å². The minimum absolute atomic E-state index is 0.475. The molecular formula is C16H19NO. The van der Waals surface area contributed by atoms with Crippen molar-refractivity contribution in [3.63, 3.8) is 0 Å². The number of nitrogens with zero attached hydrogens (tertiary/aromatic N) is 1. The molecule has 1 aliphatic heterocycles. The fourth-order valence-corrected chi connectivity index (χ4v) is 4.06. The van der Waals surface area contributed by atoms with Gasteiger partial charge in [-0.15, -0.1) is 0 Å². The second-order valence-electron chi connectivity index (χ2n) is 6.01. The first-order valence-corrected chi connectivity index (χ1v) is 7.05. The van der Waals surface area contributed by atoms with E-state index in [1.807, 2.05) is 12.1 Å². The van der Waals surface area contributed by atoms with Crippen molar-refractivity contribution in [2.75, 3.05) is 18.0 Å². The van der Waals surface area contributed by atoms with Gasteiger partial charge < -0.3 is 10.0 Å². The Hall–Kier alpha value is -1.44.